The molecule has 1 saturated carbocycles. The summed E-state index contributed by atoms with van der Waals surface area (Å²) in [5.41, 5.74) is 1.06. The molecule has 2 unspecified atom stereocenters. The Morgan fingerprint density at radius 1 is 1.43 bits per heavy atom. The van der Waals surface area contributed by atoms with Crippen molar-refractivity contribution >= 4 is 6.09 Å². The fourth-order valence-corrected chi connectivity index (χ4v) is 3.94. The Labute approximate surface area is 137 Å². The minimum Gasteiger partial charge on any atom is -0.453 e. The average molecular weight is 313 g/mol. The molecular formula is C19H23NO3. The van der Waals surface area contributed by atoms with Crippen molar-refractivity contribution in [2.24, 2.45) is 5.92 Å². The van der Waals surface area contributed by atoms with Crippen LogP contribution in [-0.4, -0.2) is 41.4 Å². The molecule has 1 N–H and O–H groups in total. The second kappa shape index (κ2) is 6.25. The number of rotatable bonds is 0. The molecule has 1 aliphatic carbocycles. The van der Waals surface area contributed by atoms with E-state index in [0.717, 1.165) is 30.4 Å². The van der Waals surface area contributed by atoms with Crippen LogP contribution in [0.5, 0.6) is 0 Å². The predicted molar refractivity (Wildman–Crippen MR) is 87.9 cm³/mol. The van der Waals surface area contributed by atoms with E-state index in [1.54, 1.807) is 4.90 Å². The highest BCUT2D eigenvalue weighted by atomic mass is 16.5. The van der Waals surface area contributed by atoms with E-state index in [1.807, 2.05) is 31.2 Å². The SMILES string of the molecule is COC(=O)N1CCC2[C@H]1CCCC2(O)C#Cc1cccc(C)c1. The molecule has 0 aromatic heterocycles. The number of ether oxygens (including phenoxy) is 1. The maximum atomic E-state index is 11.9. The first-order valence-electron chi connectivity index (χ1n) is 8.20. The van der Waals surface area contributed by atoms with Crippen LogP contribution in [0.25, 0.3) is 0 Å². The molecule has 3 atom stereocenters. The van der Waals surface area contributed by atoms with E-state index in [9.17, 15) is 9.90 Å². The van der Waals surface area contributed by atoms with E-state index in [4.69, 9.17) is 4.74 Å². The molecule has 1 saturated heterocycles. The van der Waals surface area contributed by atoms with E-state index < -0.39 is 5.60 Å². The Morgan fingerprint density at radius 2 is 2.26 bits per heavy atom. The highest BCUT2D eigenvalue weighted by Gasteiger charge is 2.50. The minimum absolute atomic E-state index is 0.00709. The maximum absolute atomic E-state index is 11.9. The zero-order valence-electron chi connectivity index (χ0n) is 13.7. The van der Waals surface area contributed by atoms with Crippen LogP contribution in [0.15, 0.2) is 24.3 Å². The lowest BCUT2D eigenvalue weighted by Crippen LogP contribution is -2.49. The standard InChI is InChI=1S/C19H23NO3/c1-14-5-3-6-15(13-14)8-11-19(22)10-4-7-17-16(19)9-12-20(17)18(21)23-2/h3,5-6,13,16-17,22H,4,7,9-10,12H2,1-2H3/t16?,17-,19?/m1/s1. The Hall–Kier alpha value is -1.99. The molecule has 1 heterocycles. The van der Waals surface area contributed by atoms with Gasteiger partial charge in [-0.25, -0.2) is 4.79 Å². The summed E-state index contributed by atoms with van der Waals surface area (Å²) in [6.07, 6.45) is 2.93. The predicted octanol–water partition coefficient (Wildman–Crippen LogP) is 2.72. The maximum Gasteiger partial charge on any atom is 0.409 e. The number of carbonyl (C=O) groups is 1. The first kappa shape index (κ1) is 15.9. The van der Waals surface area contributed by atoms with Gasteiger partial charge in [-0.1, -0.05) is 24.0 Å². The van der Waals surface area contributed by atoms with Gasteiger partial charge < -0.3 is 14.7 Å². The van der Waals surface area contributed by atoms with Crippen LogP contribution in [0, 0.1) is 24.7 Å². The van der Waals surface area contributed by atoms with Gasteiger partial charge >= 0.3 is 6.09 Å². The molecule has 1 aliphatic heterocycles. The van der Waals surface area contributed by atoms with Gasteiger partial charge in [-0.15, -0.1) is 0 Å². The minimum atomic E-state index is -1.02. The lowest BCUT2D eigenvalue weighted by molar-refractivity contribution is -0.0136. The van der Waals surface area contributed by atoms with Crippen LogP contribution in [0.2, 0.25) is 0 Å². The van der Waals surface area contributed by atoms with E-state index >= 15 is 0 Å². The van der Waals surface area contributed by atoms with Gasteiger partial charge in [0.25, 0.3) is 0 Å². The molecule has 4 nitrogen and oxygen atoms in total. The van der Waals surface area contributed by atoms with Gasteiger partial charge in [0.1, 0.15) is 5.60 Å². The zero-order chi connectivity index (χ0) is 16.4. The van der Waals surface area contributed by atoms with Crippen LogP contribution in [-0.2, 0) is 4.74 Å². The number of aliphatic hydroxyl groups is 1. The van der Waals surface area contributed by atoms with Crippen molar-refractivity contribution in [2.75, 3.05) is 13.7 Å². The summed E-state index contributed by atoms with van der Waals surface area (Å²) in [4.78, 5) is 13.6. The Bertz CT molecular complexity index is 660. The van der Waals surface area contributed by atoms with Gasteiger partial charge in [0, 0.05) is 24.1 Å². The lowest BCUT2D eigenvalue weighted by Gasteiger charge is -2.39. The fraction of sp³-hybridized carbons (Fsp3) is 0.526. The number of aryl methyl sites for hydroxylation is 1. The number of nitrogens with zero attached hydrogens (tertiary/aromatic N) is 1. The first-order valence-corrected chi connectivity index (χ1v) is 8.20. The first-order chi connectivity index (χ1) is 11.0. The Balaban J connectivity index is 1.83. The lowest BCUT2D eigenvalue weighted by atomic mass is 9.73. The summed E-state index contributed by atoms with van der Waals surface area (Å²) < 4.78 is 4.86. The topological polar surface area (TPSA) is 49.8 Å². The van der Waals surface area contributed by atoms with Crippen molar-refractivity contribution in [1.82, 2.24) is 4.90 Å². The van der Waals surface area contributed by atoms with Crippen LogP contribution in [0.3, 0.4) is 0 Å². The molecule has 2 aliphatic rings. The van der Waals surface area contributed by atoms with E-state index in [-0.39, 0.29) is 18.1 Å². The summed E-state index contributed by atoms with van der Waals surface area (Å²) in [5.74, 6) is 6.26. The number of hydrogen-bond acceptors (Lipinski definition) is 3. The number of amides is 1. The average Bonchev–Trinajstić information content (AvgIpc) is 2.98. The summed E-state index contributed by atoms with van der Waals surface area (Å²) >= 11 is 0. The van der Waals surface area contributed by atoms with Crippen LogP contribution < -0.4 is 0 Å². The largest absolute Gasteiger partial charge is 0.453 e. The zero-order valence-corrected chi connectivity index (χ0v) is 13.7. The van der Waals surface area contributed by atoms with Gasteiger partial charge in [-0.2, -0.15) is 0 Å². The van der Waals surface area contributed by atoms with Crippen LogP contribution in [0.1, 0.15) is 36.8 Å². The van der Waals surface area contributed by atoms with E-state index in [0.29, 0.717) is 13.0 Å². The monoisotopic (exact) mass is 313 g/mol. The van der Waals surface area contributed by atoms with Crippen molar-refractivity contribution in [3.05, 3.63) is 35.4 Å². The van der Waals surface area contributed by atoms with E-state index in [1.165, 1.54) is 7.11 Å². The van der Waals surface area contributed by atoms with Gasteiger partial charge in [0.2, 0.25) is 0 Å². The third kappa shape index (κ3) is 3.07. The quantitative estimate of drug-likeness (QED) is 0.749. The summed E-state index contributed by atoms with van der Waals surface area (Å²) in [5, 5.41) is 11.1. The van der Waals surface area contributed by atoms with Crippen molar-refractivity contribution in [3.63, 3.8) is 0 Å². The molecular weight excluding hydrogens is 290 g/mol. The normalized spacial score (nSPS) is 29.4. The van der Waals surface area contributed by atoms with Gasteiger partial charge in [0.05, 0.1) is 7.11 Å². The third-order valence-corrected chi connectivity index (χ3v) is 5.07. The molecule has 1 aromatic carbocycles. The number of methoxy groups -OCH3 is 1. The molecule has 0 spiro atoms. The highest BCUT2D eigenvalue weighted by Crippen LogP contribution is 2.42. The number of likely N-dealkylation sites (tertiary alicyclic amines) is 1. The molecule has 4 heteroatoms. The smallest absolute Gasteiger partial charge is 0.409 e. The molecule has 3 rings (SSSR count). The van der Waals surface area contributed by atoms with E-state index in [2.05, 4.69) is 11.8 Å². The second-order valence-electron chi connectivity index (χ2n) is 6.56. The number of fused-ring (bicyclic) bond motifs is 1. The van der Waals surface area contributed by atoms with Crippen LogP contribution in [0.4, 0.5) is 4.79 Å². The Kier molecular flexibility index (Phi) is 4.32. The van der Waals surface area contributed by atoms with Crippen molar-refractivity contribution in [2.45, 2.75) is 44.2 Å². The van der Waals surface area contributed by atoms with Crippen molar-refractivity contribution < 1.29 is 14.6 Å². The summed E-state index contributed by atoms with van der Waals surface area (Å²) in [6, 6.07) is 8.02. The second-order valence-corrected chi connectivity index (χ2v) is 6.56. The van der Waals surface area contributed by atoms with Gasteiger partial charge in [0.15, 0.2) is 0 Å². The summed E-state index contributed by atoms with van der Waals surface area (Å²) in [7, 11) is 1.40. The molecule has 122 valence electrons. The molecule has 0 radical (unpaired) electrons. The number of carbonyl (C=O) groups excluding carboxylic acids is 1. The molecule has 0 bridgehead atoms. The summed E-state index contributed by atoms with van der Waals surface area (Å²) in [6.45, 7) is 2.66. The fourth-order valence-electron chi connectivity index (χ4n) is 3.94. The molecule has 2 fully saturated rings. The van der Waals surface area contributed by atoms with Crippen LogP contribution >= 0.6 is 0 Å². The number of benzene rings is 1. The molecule has 1 amide bonds. The molecule has 1 aromatic rings. The van der Waals surface area contributed by atoms with Crippen molar-refractivity contribution in [1.29, 1.82) is 0 Å². The Morgan fingerprint density at radius 3 is 3.00 bits per heavy atom. The van der Waals surface area contributed by atoms with Crippen molar-refractivity contribution in [3.8, 4) is 11.8 Å². The molecule has 23 heavy (non-hydrogen) atoms. The van der Waals surface area contributed by atoms with Gasteiger partial charge in [-0.05, 0) is 50.3 Å². The third-order valence-electron chi connectivity index (χ3n) is 5.07. The van der Waals surface area contributed by atoms with Gasteiger partial charge in [-0.3, -0.25) is 0 Å². The highest BCUT2D eigenvalue weighted by molar-refractivity contribution is 5.68. The number of hydrogen-bond donors (Lipinski definition) is 1.